The molecule has 8 heteroatoms. The van der Waals surface area contributed by atoms with E-state index in [1.54, 1.807) is 0 Å². The van der Waals surface area contributed by atoms with Crippen molar-refractivity contribution in [1.82, 2.24) is 0 Å². The molecule has 1 unspecified atom stereocenters. The molecular weight excluding hydrogens is 305 g/mol. The summed E-state index contributed by atoms with van der Waals surface area (Å²) in [5.41, 5.74) is 0.164. The van der Waals surface area contributed by atoms with E-state index in [0.717, 1.165) is 6.07 Å². The minimum atomic E-state index is -4.85. The van der Waals surface area contributed by atoms with E-state index in [-0.39, 0.29) is 24.5 Å². The van der Waals surface area contributed by atoms with Gasteiger partial charge in [0.25, 0.3) is 0 Å². The Labute approximate surface area is 124 Å². The SMILES string of the molecule is C=C(C)C(=O)OCC(O)COc1ccccc1OC(F)(F)F. The molecule has 122 valence electrons. The normalized spacial score (nSPS) is 12.4. The minimum Gasteiger partial charge on any atom is -0.487 e. The van der Waals surface area contributed by atoms with Gasteiger partial charge in [-0.1, -0.05) is 18.7 Å². The smallest absolute Gasteiger partial charge is 0.487 e. The maximum Gasteiger partial charge on any atom is 0.573 e. The number of aliphatic hydroxyl groups excluding tert-OH is 1. The molecule has 0 amide bonds. The Bertz CT molecular complexity index is 527. The fourth-order valence-corrected chi connectivity index (χ4v) is 1.31. The maximum absolute atomic E-state index is 12.2. The van der Waals surface area contributed by atoms with Crippen LogP contribution < -0.4 is 9.47 Å². The number of hydrogen-bond donors (Lipinski definition) is 1. The summed E-state index contributed by atoms with van der Waals surface area (Å²) < 4.78 is 50.2. The predicted octanol–water partition coefficient (Wildman–Crippen LogP) is 2.44. The van der Waals surface area contributed by atoms with Crippen LogP contribution in [0.3, 0.4) is 0 Å². The van der Waals surface area contributed by atoms with Gasteiger partial charge in [0.1, 0.15) is 19.3 Å². The van der Waals surface area contributed by atoms with Gasteiger partial charge in [-0.3, -0.25) is 0 Å². The van der Waals surface area contributed by atoms with E-state index < -0.39 is 24.2 Å². The molecule has 1 rings (SSSR count). The fourth-order valence-electron chi connectivity index (χ4n) is 1.31. The molecular formula is C14H15F3O5. The highest BCUT2D eigenvalue weighted by atomic mass is 19.4. The summed E-state index contributed by atoms with van der Waals surface area (Å²) in [6.45, 7) is 4.06. The molecule has 0 aliphatic carbocycles. The number of carbonyl (C=O) groups excluding carboxylic acids is 1. The second-order valence-corrected chi connectivity index (χ2v) is 4.34. The van der Waals surface area contributed by atoms with E-state index in [4.69, 9.17) is 4.74 Å². The van der Waals surface area contributed by atoms with Crippen molar-refractivity contribution < 1.29 is 37.3 Å². The number of alkyl halides is 3. The van der Waals surface area contributed by atoms with Crippen LogP contribution in [0.2, 0.25) is 0 Å². The molecule has 1 atom stereocenters. The quantitative estimate of drug-likeness (QED) is 0.617. The van der Waals surface area contributed by atoms with Gasteiger partial charge in [0.05, 0.1) is 0 Å². The van der Waals surface area contributed by atoms with E-state index >= 15 is 0 Å². The van der Waals surface area contributed by atoms with E-state index in [1.165, 1.54) is 25.1 Å². The summed E-state index contributed by atoms with van der Waals surface area (Å²) in [5.74, 6) is -1.40. The van der Waals surface area contributed by atoms with Gasteiger partial charge >= 0.3 is 12.3 Å². The van der Waals surface area contributed by atoms with Gasteiger partial charge < -0.3 is 19.3 Å². The van der Waals surface area contributed by atoms with Gasteiger partial charge in [-0.25, -0.2) is 4.79 Å². The number of ether oxygens (including phenoxy) is 3. The van der Waals surface area contributed by atoms with Crippen LogP contribution in [-0.2, 0) is 9.53 Å². The predicted molar refractivity (Wildman–Crippen MR) is 70.4 cm³/mol. The molecule has 0 bridgehead atoms. The molecule has 0 aliphatic heterocycles. The van der Waals surface area contributed by atoms with Crippen LogP contribution in [0, 0.1) is 0 Å². The Morgan fingerprint density at radius 3 is 2.41 bits per heavy atom. The zero-order chi connectivity index (χ0) is 16.8. The summed E-state index contributed by atoms with van der Waals surface area (Å²) in [7, 11) is 0. The molecule has 1 aromatic rings. The lowest BCUT2D eigenvalue weighted by atomic mass is 10.3. The van der Waals surface area contributed by atoms with E-state index in [2.05, 4.69) is 16.1 Å². The van der Waals surface area contributed by atoms with Crippen molar-refractivity contribution in [2.24, 2.45) is 0 Å². The highest BCUT2D eigenvalue weighted by Crippen LogP contribution is 2.31. The number of benzene rings is 1. The molecule has 0 aliphatic rings. The Morgan fingerprint density at radius 2 is 1.86 bits per heavy atom. The number of para-hydroxylation sites is 2. The zero-order valence-electron chi connectivity index (χ0n) is 11.7. The molecule has 0 saturated carbocycles. The van der Waals surface area contributed by atoms with Gasteiger partial charge in [-0.15, -0.1) is 13.2 Å². The van der Waals surface area contributed by atoms with Crippen LogP contribution in [0.1, 0.15) is 6.92 Å². The topological polar surface area (TPSA) is 65.0 Å². The van der Waals surface area contributed by atoms with Crippen LogP contribution in [-0.4, -0.2) is 36.8 Å². The van der Waals surface area contributed by atoms with Gasteiger partial charge in [0, 0.05) is 5.57 Å². The molecule has 0 radical (unpaired) electrons. The third kappa shape index (κ3) is 6.49. The molecule has 1 aromatic carbocycles. The number of carbonyl (C=O) groups is 1. The summed E-state index contributed by atoms with van der Waals surface area (Å²) in [4.78, 5) is 11.1. The first-order valence-corrected chi connectivity index (χ1v) is 6.17. The van der Waals surface area contributed by atoms with Crippen molar-refractivity contribution in [3.8, 4) is 11.5 Å². The monoisotopic (exact) mass is 320 g/mol. The number of hydrogen-bond acceptors (Lipinski definition) is 5. The summed E-state index contributed by atoms with van der Waals surface area (Å²) in [6, 6.07) is 5.13. The lowest BCUT2D eigenvalue weighted by Gasteiger charge is -2.16. The van der Waals surface area contributed by atoms with E-state index in [9.17, 15) is 23.1 Å². The molecule has 22 heavy (non-hydrogen) atoms. The first kappa shape index (κ1) is 17.8. The van der Waals surface area contributed by atoms with Crippen molar-refractivity contribution in [2.45, 2.75) is 19.4 Å². The molecule has 0 heterocycles. The van der Waals surface area contributed by atoms with Gasteiger partial charge in [-0.2, -0.15) is 0 Å². The average molecular weight is 320 g/mol. The largest absolute Gasteiger partial charge is 0.573 e. The minimum absolute atomic E-state index is 0.164. The second kappa shape index (κ2) is 7.69. The van der Waals surface area contributed by atoms with Crippen molar-refractivity contribution in [3.63, 3.8) is 0 Å². The molecule has 0 saturated heterocycles. The van der Waals surface area contributed by atoms with Crippen molar-refractivity contribution in [2.75, 3.05) is 13.2 Å². The number of aliphatic hydroxyl groups is 1. The van der Waals surface area contributed by atoms with Crippen molar-refractivity contribution in [3.05, 3.63) is 36.4 Å². The zero-order valence-corrected chi connectivity index (χ0v) is 11.7. The third-order valence-corrected chi connectivity index (χ3v) is 2.26. The first-order chi connectivity index (χ1) is 10.2. The van der Waals surface area contributed by atoms with Gasteiger partial charge in [0.15, 0.2) is 11.5 Å². The van der Waals surface area contributed by atoms with E-state index in [1.807, 2.05) is 0 Å². The molecule has 0 spiro atoms. The van der Waals surface area contributed by atoms with Crippen LogP contribution in [0.15, 0.2) is 36.4 Å². The Balaban J connectivity index is 2.54. The van der Waals surface area contributed by atoms with E-state index in [0.29, 0.717) is 0 Å². The standard InChI is InChI=1S/C14H15F3O5/c1-9(2)13(19)21-8-10(18)7-20-11-5-3-4-6-12(11)22-14(15,16)17/h3-6,10,18H,1,7-8H2,2H3. The lowest BCUT2D eigenvalue weighted by Crippen LogP contribution is -2.25. The lowest BCUT2D eigenvalue weighted by molar-refractivity contribution is -0.275. The summed E-state index contributed by atoms with van der Waals surface area (Å²) in [6.07, 6.45) is -6.06. The fraction of sp³-hybridized carbons (Fsp3) is 0.357. The first-order valence-electron chi connectivity index (χ1n) is 6.17. The summed E-state index contributed by atoms with van der Waals surface area (Å²) >= 11 is 0. The average Bonchev–Trinajstić information content (AvgIpc) is 2.42. The van der Waals surface area contributed by atoms with Crippen LogP contribution in [0.25, 0.3) is 0 Å². The van der Waals surface area contributed by atoms with Crippen LogP contribution in [0.4, 0.5) is 13.2 Å². The highest BCUT2D eigenvalue weighted by molar-refractivity contribution is 5.86. The number of halogens is 3. The molecule has 1 N–H and O–H groups in total. The van der Waals surface area contributed by atoms with Crippen LogP contribution >= 0.6 is 0 Å². The van der Waals surface area contributed by atoms with Crippen LogP contribution in [0.5, 0.6) is 11.5 Å². The number of esters is 1. The second-order valence-electron chi connectivity index (χ2n) is 4.34. The Morgan fingerprint density at radius 1 is 1.27 bits per heavy atom. The molecule has 0 fully saturated rings. The maximum atomic E-state index is 12.2. The van der Waals surface area contributed by atoms with Gasteiger partial charge in [0.2, 0.25) is 0 Å². The third-order valence-electron chi connectivity index (χ3n) is 2.26. The van der Waals surface area contributed by atoms with Crippen molar-refractivity contribution in [1.29, 1.82) is 0 Å². The highest BCUT2D eigenvalue weighted by Gasteiger charge is 2.32. The number of rotatable bonds is 7. The Hall–Kier alpha value is -2.22. The Kier molecular flexibility index (Phi) is 6.24. The molecule has 0 aromatic heterocycles. The summed E-state index contributed by atoms with van der Waals surface area (Å²) in [5, 5.41) is 9.57. The molecule has 5 nitrogen and oxygen atoms in total. The van der Waals surface area contributed by atoms with Gasteiger partial charge in [-0.05, 0) is 19.1 Å². The van der Waals surface area contributed by atoms with Crippen molar-refractivity contribution >= 4 is 5.97 Å².